The van der Waals surface area contributed by atoms with E-state index in [1.807, 2.05) is 50.1 Å². The minimum atomic E-state index is -1.06. The third-order valence-electron chi connectivity index (χ3n) is 6.40. The molecule has 6 nitrogen and oxygen atoms in total. The van der Waals surface area contributed by atoms with Crippen molar-refractivity contribution in [1.82, 2.24) is 9.88 Å². The minimum Gasteiger partial charge on any atom is -0.491 e. The highest BCUT2D eigenvalue weighted by Crippen LogP contribution is 2.33. The number of carbonyl (C=O) groups excluding carboxylic acids is 1. The van der Waals surface area contributed by atoms with Gasteiger partial charge in [-0.15, -0.1) is 0 Å². The third kappa shape index (κ3) is 5.53. The highest BCUT2D eigenvalue weighted by molar-refractivity contribution is 7.60. The standard InChI is InChI=1S/C28H33FN3O3P/c1-5-13-30-26-12-8-20(17-31-26)19-7-10-24-21(16-19)18-32(14-15-35-24)28(33)23-9-11-25(36(4)34-3)27(29)22(23)6-2/h7-12,16-17H,5-6,13-15,18H2,1-4H3,(H,30,31). The molecule has 190 valence electrons. The van der Waals surface area contributed by atoms with Gasteiger partial charge in [-0.25, -0.2) is 9.37 Å². The van der Waals surface area contributed by atoms with Gasteiger partial charge in [0.2, 0.25) is 0 Å². The molecule has 1 N–H and O–H groups in total. The maximum absolute atomic E-state index is 15.3. The molecule has 0 aliphatic carbocycles. The molecular weight excluding hydrogens is 476 g/mol. The second kappa shape index (κ2) is 11.8. The number of hydrogen-bond acceptors (Lipinski definition) is 5. The molecule has 0 saturated carbocycles. The highest BCUT2D eigenvalue weighted by atomic mass is 31.1. The van der Waals surface area contributed by atoms with E-state index in [0.29, 0.717) is 42.5 Å². The average Bonchev–Trinajstić information content (AvgIpc) is 3.13. The van der Waals surface area contributed by atoms with Crippen LogP contribution in [0.4, 0.5) is 10.2 Å². The minimum absolute atomic E-state index is 0.190. The van der Waals surface area contributed by atoms with Crippen molar-refractivity contribution in [3.63, 3.8) is 0 Å². The molecule has 1 aliphatic rings. The summed E-state index contributed by atoms with van der Waals surface area (Å²) in [6.07, 6.45) is 3.31. The Hall–Kier alpha value is -3.02. The summed E-state index contributed by atoms with van der Waals surface area (Å²) >= 11 is 0. The van der Waals surface area contributed by atoms with Crippen LogP contribution in [0.15, 0.2) is 48.7 Å². The number of nitrogens with one attached hydrogen (secondary N) is 1. The first-order chi connectivity index (χ1) is 17.5. The molecule has 0 saturated heterocycles. The van der Waals surface area contributed by atoms with E-state index < -0.39 is 8.15 Å². The monoisotopic (exact) mass is 509 g/mol. The number of pyridine rings is 1. The van der Waals surface area contributed by atoms with Crippen LogP contribution in [-0.2, 0) is 17.5 Å². The van der Waals surface area contributed by atoms with Gasteiger partial charge in [-0.05, 0) is 61.5 Å². The first kappa shape index (κ1) is 26.1. The molecule has 0 fully saturated rings. The molecule has 2 heterocycles. The second-order valence-electron chi connectivity index (χ2n) is 8.71. The van der Waals surface area contributed by atoms with E-state index >= 15 is 4.39 Å². The van der Waals surface area contributed by atoms with Gasteiger partial charge in [0.25, 0.3) is 5.91 Å². The molecule has 1 aliphatic heterocycles. The van der Waals surface area contributed by atoms with Crippen molar-refractivity contribution >= 4 is 25.2 Å². The van der Waals surface area contributed by atoms with Crippen LogP contribution in [0.3, 0.4) is 0 Å². The van der Waals surface area contributed by atoms with Gasteiger partial charge in [-0.2, -0.15) is 0 Å². The normalized spacial score (nSPS) is 14.0. The van der Waals surface area contributed by atoms with Gasteiger partial charge >= 0.3 is 0 Å². The fourth-order valence-electron chi connectivity index (χ4n) is 4.34. The molecule has 0 bridgehead atoms. The number of fused-ring (bicyclic) bond motifs is 1. The Bertz CT molecular complexity index is 1220. The predicted molar refractivity (Wildman–Crippen MR) is 144 cm³/mol. The Balaban J connectivity index is 1.59. The first-order valence-electron chi connectivity index (χ1n) is 12.3. The van der Waals surface area contributed by atoms with E-state index in [1.165, 1.54) is 0 Å². The van der Waals surface area contributed by atoms with Crippen molar-refractivity contribution in [1.29, 1.82) is 0 Å². The molecule has 1 amide bonds. The molecule has 4 rings (SSSR count). The maximum atomic E-state index is 15.3. The molecule has 36 heavy (non-hydrogen) atoms. The summed E-state index contributed by atoms with van der Waals surface area (Å²) in [5.74, 6) is 1.08. The summed E-state index contributed by atoms with van der Waals surface area (Å²) < 4.78 is 26.6. The molecule has 0 spiro atoms. The van der Waals surface area contributed by atoms with Crippen molar-refractivity contribution in [3.8, 4) is 16.9 Å². The van der Waals surface area contributed by atoms with Gasteiger partial charge in [0.15, 0.2) is 0 Å². The number of ether oxygens (including phenoxy) is 1. The van der Waals surface area contributed by atoms with E-state index in [0.717, 1.165) is 41.2 Å². The van der Waals surface area contributed by atoms with E-state index in [4.69, 9.17) is 9.26 Å². The van der Waals surface area contributed by atoms with Crippen LogP contribution >= 0.6 is 8.15 Å². The lowest BCUT2D eigenvalue weighted by Gasteiger charge is -2.23. The van der Waals surface area contributed by atoms with Gasteiger partial charge in [0.1, 0.15) is 24.0 Å². The Labute approximate surface area is 213 Å². The van der Waals surface area contributed by atoms with Gasteiger partial charge in [-0.3, -0.25) is 4.79 Å². The zero-order valence-electron chi connectivity index (χ0n) is 21.3. The molecular formula is C28H33FN3O3P. The van der Waals surface area contributed by atoms with Crippen LogP contribution in [0, 0.1) is 5.82 Å². The number of hydrogen-bond donors (Lipinski definition) is 1. The lowest BCUT2D eigenvalue weighted by atomic mass is 10.0. The summed E-state index contributed by atoms with van der Waals surface area (Å²) in [6.45, 7) is 7.91. The Morgan fingerprint density at radius 2 is 2.00 bits per heavy atom. The molecule has 3 aromatic rings. The van der Waals surface area contributed by atoms with Crippen LogP contribution < -0.4 is 15.4 Å². The Morgan fingerprint density at radius 3 is 2.69 bits per heavy atom. The van der Waals surface area contributed by atoms with E-state index in [9.17, 15) is 4.79 Å². The quantitative estimate of drug-likeness (QED) is 0.400. The number of anilines is 1. The molecule has 1 atom stereocenters. The largest absolute Gasteiger partial charge is 0.491 e. The van der Waals surface area contributed by atoms with Gasteiger partial charge < -0.3 is 19.5 Å². The smallest absolute Gasteiger partial charge is 0.254 e. The number of halogens is 1. The van der Waals surface area contributed by atoms with Crippen LogP contribution in [0.5, 0.6) is 5.75 Å². The van der Waals surface area contributed by atoms with Crippen molar-refractivity contribution in [2.45, 2.75) is 33.2 Å². The van der Waals surface area contributed by atoms with Gasteiger partial charge in [-0.1, -0.05) is 19.9 Å². The van der Waals surface area contributed by atoms with Gasteiger partial charge in [0.05, 0.1) is 14.7 Å². The molecule has 1 aromatic heterocycles. The second-order valence-corrected chi connectivity index (χ2v) is 10.6. The summed E-state index contributed by atoms with van der Waals surface area (Å²) in [5.41, 5.74) is 3.74. The van der Waals surface area contributed by atoms with Crippen LogP contribution in [0.2, 0.25) is 0 Å². The van der Waals surface area contributed by atoms with Crippen molar-refractivity contribution in [2.75, 3.05) is 38.8 Å². The van der Waals surface area contributed by atoms with Crippen LogP contribution in [-0.4, -0.2) is 49.3 Å². The maximum Gasteiger partial charge on any atom is 0.254 e. The predicted octanol–water partition coefficient (Wildman–Crippen LogP) is 5.61. The summed E-state index contributed by atoms with van der Waals surface area (Å²) in [7, 11) is 0.514. The number of carbonyl (C=O) groups is 1. The number of aromatic nitrogens is 1. The van der Waals surface area contributed by atoms with Crippen molar-refractivity contribution < 1.29 is 18.4 Å². The van der Waals surface area contributed by atoms with E-state index in [1.54, 1.807) is 24.1 Å². The lowest BCUT2D eigenvalue weighted by Crippen LogP contribution is -2.33. The fraction of sp³-hybridized carbons (Fsp3) is 0.357. The van der Waals surface area contributed by atoms with Crippen LogP contribution in [0.1, 0.15) is 41.8 Å². The summed E-state index contributed by atoms with van der Waals surface area (Å²) in [4.78, 5) is 19.8. The first-order valence-corrected chi connectivity index (χ1v) is 14.0. The topological polar surface area (TPSA) is 63.7 Å². The number of nitrogens with zero attached hydrogens (tertiary/aromatic N) is 2. The lowest BCUT2D eigenvalue weighted by molar-refractivity contribution is 0.0731. The Kier molecular flexibility index (Phi) is 8.55. The van der Waals surface area contributed by atoms with Crippen molar-refractivity contribution in [2.24, 2.45) is 0 Å². The van der Waals surface area contributed by atoms with Crippen molar-refractivity contribution in [3.05, 3.63) is 71.2 Å². The number of rotatable bonds is 8. The Morgan fingerprint density at radius 1 is 1.19 bits per heavy atom. The number of amides is 1. The zero-order chi connectivity index (χ0) is 25.7. The highest BCUT2D eigenvalue weighted by Gasteiger charge is 2.26. The summed E-state index contributed by atoms with van der Waals surface area (Å²) in [5, 5.41) is 3.81. The molecule has 8 heteroatoms. The third-order valence-corrected chi connectivity index (χ3v) is 7.97. The summed E-state index contributed by atoms with van der Waals surface area (Å²) in [6, 6.07) is 13.4. The number of benzene rings is 2. The SMILES string of the molecule is CCCNc1ccc(-c2ccc3c(c2)CN(C(=O)c2ccc(P(C)OC)c(F)c2CC)CCO3)cn1. The fourth-order valence-corrected chi connectivity index (χ4v) is 5.23. The van der Waals surface area contributed by atoms with E-state index in [-0.39, 0.29) is 11.7 Å². The zero-order valence-corrected chi connectivity index (χ0v) is 22.2. The van der Waals surface area contributed by atoms with Crippen LogP contribution in [0.25, 0.3) is 11.1 Å². The van der Waals surface area contributed by atoms with E-state index in [2.05, 4.69) is 17.2 Å². The molecule has 2 aromatic carbocycles. The molecule has 1 unspecified atom stereocenters. The molecule has 0 radical (unpaired) electrons. The van der Waals surface area contributed by atoms with Gasteiger partial charge in [0, 0.05) is 54.0 Å². The average molecular weight is 510 g/mol.